The van der Waals surface area contributed by atoms with Crippen molar-refractivity contribution < 1.29 is 15.0 Å². The summed E-state index contributed by atoms with van der Waals surface area (Å²) in [5.41, 5.74) is 0. The summed E-state index contributed by atoms with van der Waals surface area (Å²) in [4.78, 5) is 11.1. The number of halogens is 1. The first-order valence-electron chi connectivity index (χ1n) is 3.23. The van der Waals surface area contributed by atoms with Crippen LogP contribution in [0.1, 0.15) is 4.88 Å². The van der Waals surface area contributed by atoms with Crippen LogP contribution in [0.3, 0.4) is 0 Å². The first-order chi connectivity index (χ1) is 5.59. The molecule has 2 N–H and O–H groups in total. The van der Waals surface area contributed by atoms with Gasteiger partial charge < -0.3 is 10.2 Å². The van der Waals surface area contributed by atoms with Gasteiger partial charge in [0.05, 0.1) is 0 Å². The lowest BCUT2D eigenvalue weighted by atomic mass is 10.2. The molecule has 0 aliphatic rings. The zero-order valence-corrected chi connectivity index (χ0v) is 8.43. The third kappa shape index (κ3) is 2.58. The summed E-state index contributed by atoms with van der Waals surface area (Å²) in [6.45, 7) is 0. The Bertz CT molecular complexity index is 284. The number of aliphatic carboxylic acids is 1. The highest BCUT2D eigenvalue weighted by Gasteiger charge is 2.14. The summed E-state index contributed by atoms with van der Waals surface area (Å²) in [5, 5.41) is 19.2. The van der Waals surface area contributed by atoms with Gasteiger partial charge >= 0.3 is 5.97 Å². The molecule has 0 amide bonds. The van der Waals surface area contributed by atoms with Crippen LogP contribution in [0.25, 0.3) is 0 Å². The second-order valence-electron chi connectivity index (χ2n) is 2.29. The first kappa shape index (κ1) is 9.70. The molecule has 0 saturated heterocycles. The second-order valence-corrected chi connectivity index (χ2v) is 4.20. The van der Waals surface area contributed by atoms with E-state index in [4.69, 9.17) is 10.2 Å². The Morgan fingerprint density at radius 1 is 1.75 bits per heavy atom. The molecule has 1 rings (SSSR count). The molecular formula is C7H7BrO3S. The van der Waals surface area contributed by atoms with Crippen molar-refractivity contribution in [3.63, 3.8) is 0 Å². The number of hydrogen-bond donors (Lipinski definition) is 2. The lowest BCUT2D eigenvalue weighted by molar-refractivity contribution is -0.146. The molecule has 0 aliphatic carbocycles. The zero-order valence-electron chi connectivity index (χ0n) is 6.03. The molecule has 0 aliphatic heterocycles. The predicted molar refractivity (Wildman–Crippen MR) is 49.4 cm³/mol. The van der Waals surface area contributed by atoms with E-state index >= 15 is 0 Å². The monoisotopic (exact) mass is 250 g/mol. The Hall–Kier alpha value is -0.390. The number of aliphatic hydroxyl groups is 1. The molecule has 1 heterocycles. The van der Waals surface area contributed by atoms with Gasteiger partial charge in [0.2, 0.25) is 0 Å². The van der Waals surface area contributed by atoms with Crippen LogP contribution >= 0.6 is 27.3 Å². The van der Waals surface area contributed by atoms with Crippen molar-refractivity contribution in [3.05, 3.63) is 20.8 Å². The Labute approximate surface area is 81.8 Å². The largest absolute Gasteiger partial charge is 0.479 e. The van der Waals surface area contributed by atoms with Crippen molar-refractivity contribution in [2.24, 2.45) is 0 Å². The minimum Gasteiger partial charge on any atom is -0.479 e. The summed E-state index contributed by atoms with van der Waals surface area (Å²) in [7, 11) is 0. The Morgan fingerprint density at radius 2 is 2.42 bits per heavy atom. The van der Waals surface area contributed by atoms with E-state index in [0.717, 1.165) is 9.35 Å². The molecule has 1 atom stereocenters. The van der Waals surface area contributed by atoms with Gasteiger partial charge in [0.15, 0.2) is 6.10 Å². The van der Waals surface area contributed by atoms with Gasteiger partial charge in [0, 0.05) is 21.2 Å². The summed E-state index contributed by atoms with van der Waals surface area (Å²) in [6.07, 6.45) is -1.12. The molecule has 5 heteroatoms. The highest BCUT2D eigenvalue weighted by Crippen LogP contribution is 2.20. The van der Waals surface area contributed by atoms with E-state index < -0.39 is 12.1 Å². The maximum atomic E-state index is 10.3. The number of carbonyl (C=O) groups is 1. The summed E-state index contributed by atoms with van der Waals surface area (Å²) in [5.74, 6) is -1.18. The number of rotatable bonds is 3. The molecule has 12 heavy (non-hydrogen) atoms. The van der Waals surface area contributed by atoms with Crippen LogP contribution in [-0.4, -0.2) is 22.3 Å². The van der Waals surface area contributed by atoms with E-state index in [-0.39, 0.29) is 6.42 Å². The maximum Gasteiger partial charge on any atom is 0.332 e. The number of thiophene rings is 1. The standard InChI is InChI=1S/C7H7BrO3S/c8-4-1-5(12-3-4)2-6(9)7(10)11/h1,3,6,9H,2H2,(H,10,11). The molecule has 1 aromatic rings. The minimum atomic E-state index is -1.30. The van der Waals surface area contributed by atoms with E-state index in [2.05, 4.69) is 15.9 Å². The van der Waals surface area contributed by atoms with Crippen LogP contribution in [0.15, 0.2) is 15.9 Å². The van der Waals surface area contributed by atoms with Crippen molar-refractivity contribution in [1.82, 2.24) is 0 Å². The van der Waals surface area contributed by atoms with Gasteiger partial charge in [-0.25, -0.2) is 4.79 Å². The number of hydrogen-bond acceptors (Lipinski definition) is 3. The molecule has 3 nitrogen and oxygen atoms in total. The number of aliphatic hydroxyl groups excluding tert-OH is 1. The van der Waals surface area contributed by atoms with Gasteiger partial charge in [-0.2, -0.15) is 0 Å². The normalized spacial score (nSPS) is 12.8. The molecule has 0 fully saturated rings. The van der Waals surface area contributed by atoms with Crippen molar-refractivity contribution in [2.45, 2.75) is 12.5 Å². The van der Waals surface area contributed by atoms with Crippen molar-refractivity contribution in [3.8, 4) is 0 Å². The zero-order chi connectivity index (χ0) is 9.14. The fraction of sp³-hybridized carbons (Fsp3) is 0.286. The highest BCUT2D eigenvalue weighted by atomic mass is 79.9. The predicted octanol–water partition coefficient (Wildman–Crippen LogP) is 1.50. The van der Waals surface area contributed by atoms with Crippen LogP contribution in [-0.2, 0) is 11.2 Å². The molecule has 0 aromatic carbocycles. The number of carboxylic acid groups (broad SMARTS) is 1. The Kier molecular flexibility index (Phi) is 3.25. The summed E-state index contributed by atoms with van der Waals surface area (Å²) >= 11 is 4.67. The van der Waals surface area contributed by atoms with Gasteiger partial charge in [-0.15, -0.1) is 11.3 Å². The second kappa shape index (κ2) is 4.02. The van der Waals surface area contributed by atoms with Crippen LogP contribution in [0.4, 0.5) is 0 Å². The first-order valence-corrected chi connectivity index (χ1v) is 4.90. The van der Waals surface area contributed by atoms with Crippen molar-refractivity contribution in [1.29, 1.82) is 0 Å². The van der Waals surface area contributed by atoms with Crippen LogP contribution in [0.5, 0.6) is 0 Å². The lowest BCUT2D eigenvalue weighted by Crippen LogP contribution is -2.21. The van der Waals surface area contributed by atoms with E-state index in [1.54, 1.807) is 6.07 Å². The molecule has 0 spiro atoms. The van der Waals surface area contributed by atoms with E-state index in [1.165, 1.54) is 11.3 Å². The van der Waals surface area contributed by atoms with Crippen LogP contribution < -0.4 is 0 Å². The summed E-state index contributed by atoms with van der Waals surface area (Å²) < 4.78 is 0.917. The third-order valence-corrected chi connectivity index (χ3v) is 3.02. The van der Waals surface area contributed by atoms with Gasteiger partial charge in [-0.3, -0.25) is 0 Å². The van der Waals surface area contributed by atoms with E-state index in [9.17, 15) is 4.79 Å². The summed E-state index contributed by atoms with van der Waals surface area (Å²) in [6, 6.07) is 1.80. The average molecular weight is 251 g/mol. The van der Waals surface area contributed by atoms with Crippen molar-refractivity contribution >= 4 is 33.2 Å². The third-order valence-electron chi connectivity index (χ3n) is 1.30. The highest BCUT2D eigenvalue weighted by molar-refractivity contribution is 9.10. The Balaban J connectivity index is 2.58. The fourth-order valence-corrected chi connectivity index (χ4v) is 2.23. The molecule has 66 valence electrons. The fourth-order valence-electron chi connectivity index (χ4n) is 0.739. The molecule has 0 radical (unpaired) electrons. The van der Waals surface area contributed by atoms with Crippen LogP contribution in [0, 0.1) is 0 Å². The lowest BCUT2D eigenvalue weighted by Gasteiger charge is -2.01. The minimum absolute atomic E-state index is 0.172. The quantitative estimate of drug-likeness (QED) is 0.855. The average Bonchev–Trinajstić information content (AvgIpc) is 2.35. The molecule has 0 saturated carbocycles. The van der Waals surface area contributed by atoms with Gasteiger partial charge in [-0.1, -0.05) is 0 Å². The van der Waals surface area contributed by atoms with Crippen LogP contribution in [0.2, 0.25) is 0 Å². The van der Waals surface area contributed by atoms with Gasteiger partial charge in [0.1, 0.15) is 0 Å². The van der Waals surface area contributed by atoms with E-state index in [1.807, 2.05) is 5.38 Å². The van der Waals surface area contributed by atoms with Gasteiger partial charge in [-0.05, 0) is 22.0 Å². The van der Waals surface area contributed by atoms with Gasteiger partial charge in [0.25, 0.3) is 0 Å². The smallest absolute Gasteiger partial charge is 0.332 e. The van der Waals surface area contributed by atoms with Crippen molar-refractivity contribution in [2.75, 3.05) is 0 Å². The number of carboxylic acids is 1. The maximum absolute atomic E-state index is 10.3. The van der Waals surface area contributed by atoms with E-state index in [0.29, 0.717) is 0 Å². The molecule has 1 aromatic heterocycles. The SMILES string of the molecule is O=C(O)C(O)Cc1cc(Br)cs1. The molecule has 1 unspecified atom stereocenters. The molecular weight excluding hydrogens is 244 g/mol. The molecule has 0 bridgehead atoms. The topological polar surface area (TPSA) is 57.5 Å². The Morgan fingerprint density at radius 3 is 2.83 bits per heavy atom.